The summed E-state index contributed by atoms with van der Waals surface area (Å²) in [4.78, 5) is 11.8. The number of carbonyl (C=O) groups excluding carboxylic acids is 1. The highest BCUT2D eigenvalue weighted by molar-refractivity contribution is 7.89. The van der Waals surface area contributed by atoms with Crippen LogP contribution in [0.4, 0.5) is 5.69 Å². The number of primary sulfonamides is 1. The first kappa shape index (κ1) is 19.1. The van der Waals surface area contributed by atoms with Crippen molar-refractivity contribution in [2.75, 3.05) is 11.9 Å². The lowest BCUT2D eigenvalue weighted by Gasteiger charge is -2.08. The lowest BCUT2D eigenvalue weighted by Crippen LogP contribution is -2.32. The number of aryl methyl sites for hydroxylation is 1. The van der Waals surface area contributed by atoms with Crippen molar-refractivity contribution in [3.05, 3.63) is 54.1 Å². The van der Waals surface area contributed by atoms with Gasteiger partial charge in [0.1, 0.15) is 0 Å². The van der Waals surface area contributed by atoms with E-state index in [0.717, 1.165) is 5.56 Å². The van der Waals surface area contributed by atoms with Crippen LogP contribution in [0.2, 0.25) is 0 Å². The first-order valence-corrected chi connectivity index (χ1v) is 10.1. The minimum atomic E-state index is -3.82. The summed E-state index contributed by atoms with van der Waals surface area (Å²) in [7, 11) is -7.61. The van der Waals surface area contributed by atoms with Gasteiger partial charge in [0.15, 0.2) is 0 Å². The first-order valence-electron chi connectivity index (χ1n) is 7.07. The third-order valence-corrected chi connectivity index (χ3v) is 5.57. The molecule has 0 heterocycles. The van der Waals surface area contributed by atoms with Crippen molar-refractivity contribution in [3.8, 4) is 0 Å². The molecule has 0 unspecified atom stereocenters. The molecule has 4 N–H and O–H groups in total. The molecule has 0 atom stereocenters. The van der Waals surface area contributed by atoms with Gasteiger partial charge < -0.3 is 5.32 Å². The van der Waals surface area contributed by atoms with Crippen molar-refractivity contribution in [1.29, 1.82) is 0 Å². The topological polar surface area (TPSA) is 135 Å². The normalized spacial score (nSPS) is 11.9. The van der Waals surface area contributed by atoms with E-state index in [9.17, 15) is 21.6 Å². The quantitative estimate of drug-likeness (QED) is 0.670. The van der Waals surface area contributed by atoms with Crippen LogP contribution >= 0.6 is 0 Å². The second kappa shape index (κ2) is 7.31. The zero-order valence-corrected chi connectivity index (χ0v) is 14.9. The summed E-state index contributed by atoms with van der Waals surface area (Å²) in [6, 6.07) is 11.4. The molecule has 0 aliphatic carbocycles. The van der Waals surface area contributed by atoms with E-state index in [0.29, 0.717) is 5.69 Å². The summed E-state index contributed by atoms with van der Waals surface area (Å²) in [5.74, 6) is -0.598. The molecule has 10 heteroatoms. The maximum absolute atomic E-state index is 12.1. The second-order valence-corrected chi connectivity index (χ2v) is 8.58. The number of hydrogen-bond donors (Lipinski definition) is 3. The lowest BCUT2D eigenvalue weighted by atomic mass is 10.2. The average molecular weight is 383 g/mol. The fourth-order valence-corrected chi connectivity index (χ4v) is 3.39. The second-order valence-electron chi connectivity index (χ2n) is 5.26. The number of anilines is 1. The molecule has 1 amide bonds. The summed E-state index contributed by atoms with van der Waals surface area (Å²) < 4.78 is 48.7. The highest BCUT2D eigenvalue weighted by atomic mass is 32.2. The molecule has 0 saturated heterocycles. The SMILES string of the molecule is Cc1ccc(S(=O)(=O)NCC(=O)Nc2ccc(S(N)(=O)=O)cc2)cc1. The van der Waals surface area contributed by atoms with E-state index >= 15 is 0 Å². The Bertz CT molecular complexity index is 967. The predicted molar refractivity (Wildman–Crippen MR) is 92.8 cm³/mol. The molecule has 2 aromatic carbocycles. The number of amides is 1. The number of rotatable bonds is 6. The Kier molecular flexibility index (Phi) is 5.58. The first-order chi connectivity index (χ1) is 11.6. The molecule has 0 aliphatic rings. The van der Waals surface area contributed by atoms with Crippen LogP contribution in [0.3, 0.4) is 0 Å². The van der Waals surface area contributed by atoms with E-state index in [4.69, 9.17) is 5.14 Å². The lowest BCUT2D eigenvalue weighted by molar-refractivity contribution is -0.115. The van der Waals surface area contributed by atoms with Gasteiger partial charge in [0.05, 0.1) is 16.3 Å². The minimum Gasteiger partial charge on any atom is -0.325 e. The van der Waals surface area contributed by atoms with Gasteiger partial charge in [-0.3, -0.25) is 4.79 Å². The van der Waals surface area contributed by atoms with Gasteiger partial charge in [-0.25, -0.2) is 26.7 Å². The Morgan fingerprint density at radius 3 is 1.96 bits per heavy atom. The fraction of sp³-hybridized carbons (Fsp3) is 0.133. The fourth-order valence-electron chi connectivity index (χ4n) is 1.89. The standard InChI is InChI=1S/C15H17N3O5S2/c1-11-2-6-14(7-3-11)25(22,23)17-10-15(19)18-12-4-8-13(9-5-12)24(16,20)21/h2-9,17H,10H2,1H3,(H,18,19)(H2,16,20,21). The average Bonchev–Trinajstić information content (AvgIpc) is 2.53. The van der Waals surface area contributed by atoms with E-state index in [1.54, 1.807) is 12.1 Å². The molecule has 134 valence electrons. The van der Waals surface area contributed by atoms with Crippen LogP contribution in [0.5, 0.6) is 0 Å². The van der Waals surface area contributed by atoms with Gasteiger partial charge in [-0.2, -0.15) is 0 Å². The third kappa shape index (κ3) is 5.36. The number of benzene rings is 2. The number of hydrogen-bond acceptors (Lipinski definition) is 5. The maximum atomic E-state index is 12.1. The monoisotopic (exact) mass is 383 g/mol. The largest absolute Gasteiger partial charge is 0.325 e. The van der Waals surface area contributed by atoms with Gasteiger partial charge in [0.25, 0.3) is 0 Å². The van der Waals surface area contributed by atoms with E-state index in [1.807, 2.05) is 6.92 Å². The van der Waals surface area contributed by atoms with Crippen molar-refractivity contribution >= 4 is 31.6 Å². The van der Waals surface area contributed by atoms with E-state index < -0.39 is 32.5 Å². The van der Waals surface area contributed by atoms with Crippen LogP contribution in [0, 0.1) is 6.92 Å². The van der Waals surface area contributed by atoms with Crippen molar-refractivity contribution < 1.29 is 21.6 Å². The van der Waals surface area contributed by atoms with Gasteiger partial charge in [-0.15, -0.1) is 0 Å². The smallest absolute Gasteiger partial charge is 0.241 e. The summed E-state index contributed by atoms with van der Waals surface area (Å²) in [6.07, 6.45) is 0. The summed E-state index contributed by atoms with van der Waals surface area (Å²) in [5.41, 5.74) is 1.23. The molecule has 2 rings (SSSR count). The van der Waals surface area contributed by atoms with Crippen molar-refractivity contribution in [2.24, 2.45) is 5.14 Å². The third-order valence-electron chi connectivity index (χ3n) is 3.22. The molecule has 0 bridgehead atoms. The van der Waals surface area contributed by atoms with Gasteiger partial charge in [-0.1, -0.05) is 17.7 Å². The molecule has 0 radical (unpaired) electrons. The predicted octanol–water partition coefficient (Wildman–Crippen LogP) is 0.559. The molecule has 25 heavy (non-hydrogen) atoms. The van der Waals surface area contributed by atoms with Crippen molar-refractivity contribution in [2.45, 2.75) is 16.7 Å². The van der Waals surface area contributed by atoms with Gasteiger partial charge in [0.2, 0.25) is 26.0 Å². The Balaban J connectivity index is 1.97. The Labute approximate surface area is 146 Å². The van der Waals surface area contributed by atoms with Crippen LogP contribution in [-0.4, -0.2) is 29.3 Å². The molecule has 8 nitrogen and oxygen atoms in total. The summed E-state index contributed by atoms with van der Waals surface area (Å²) in [6.45, 7) is 1.37. The Morgan fingerprint density at radius 1 is 0.920 bits per heavy atom. The molecule has 0 fully saturated rings. The van der Waals surface area contributed by atoms with E-state index in [2.05, 4.69) is 10.0 Å². The van der Waals surface area contributed by atoms with Crippen molar-refractivity contribution in [3.63, 3.8) is 0 Å². The number of nitrogens with two attached hydrogens (primary N) is 1. The Hall–Kier alpha value is -2.27. The van der Waals surface area contributed by atoms with Crippen LogP contribution in [0.25, 0.3) is 0 Å². The molecular weight excluding hydrogens is 366 g/mol. The van der Waals surface area contributed by atoms with Gasteiger partial charge in [-0.05, 0) is 43.3 Å². The van der Waals surface area contributed by atoms with Crippen LogP contribution < -0.4 is 15.2 Å². The molecular formula is C15H17N3O5S2. The van der Waals surface area contributed by atoms with Crippen LogP contribution in [0.1, 0.15) is 5.56 Å². The van der Waals surface area contributed by atoms with E-state index in [-0.39, 0.29) is 9.79 Å². The van der Waals surface area contributed by atoms with Crippen LogP contribution in [0.15, 0.2) is 58.3 Å². The highest BCUT2D eigenvalue weighted by Gasteiger charge is 2.15. The summed E-state index contributed by atoms with van der Waals surface area (Å²) >= 11 is 0. The molecule has 2 aromatic rings. The zero-order valence-electron chi connectivity index (χ0n) is 13.3. The molecule has 0 aromatic heterocycles. The van der Waals surface area contributed by atoms with E-state index in [1.165, 1.54) is 36.4 Å². The van der Waals surface area contributed by atoms with Gasteiger partial charge >= 0.3 is 0 Å². The number of carbonyl (C=O) groups is 1. The van der Waals surface area contributed by atoms with Crippen LogP contribution in [-0.2, 0) is 24.8 Å². The summed E-state index contributed by atoms with van der Waals surface area (Å²) in [5, 5.41) is 7.43. The zero-order chi connectivity index (χ0) is 18.7. The molecule has 0 aliphatic heterocycles. The molecule has 0 saturated carbocycles. The Morgan fingerprint density at radius 2 is 1.44 bits per heavy atom. The minimum absolute atomic E-state index is 0.0587. The highest BCUT2D eigenvalue weighted by Crippen LogP contribution is 2.13. The number of sulfonamides is 2. The maximum Gasteiger partial charge on any atom is 0.241 e. The number of nitrogens with one attached hydrogen (secondary N) is 2. The molecule has 0 spiro atoms. The van der Waals surface area contributed by atoms with Gasteiger partial charge in [0, 0.05) is 5.69 Å². The van der Waals surface area contributed by atoms with Crippen molar-refractivity contribution in [1.82, 2.24) is 4.72 Å².